The summed E-state index contributed by atoms with van der Waals surface area (Å²) in [5, 5.41) is 14.7. The fourth-order valence-electron chi connectivity index (χ4n) is 3.61. The molecular weight excluding hydrogens is 400 g/mol. The lowest BCUT2D eigenvalue weighted by molar-refractivity contribution is 0.102. The van der Waals surface area contributed by atoms with Gasteiger partial charge in [-0.1, -0.05) is 36.4 Å². The quantitative estimate of drug-likeness (QED) is 0.424. The Morgan fingerprint density at radius 3 is 2.53 bits per heavy atom. The predicted octanol–water partition coefficient (Wildman–Crippen LogP) is 4.89. The van der Waals surface area contributed by atoms with Gasteiger partial charge in [-0.15, -0.1) is 0 Å². The van der Waals surface area contributed by atoms with Gasteiger partial charge in [0.15, 0.2) is 5.82 Å². The monoisotopic (exact) mass is 420 g/mol. The van der Waals surface area contributed by atoms with Gasteiger partial charge in [0, 0.05) is 34.6 Å². The van der Waals surface area contributed by atoms with E-state index in [4.69, 9.17) is 0 Å². The lowest BCUT2D eigenvalue weighted by atomic mass is 10.1. The van der Waals surface area contributed by atoms with Crippen molar-refractivity contribution in [3.05, 3.63) is 103 Å². The van der Waals surface area contributed by atoms with Crippen LogP contribution in [0.3, 0.4) is 0 Å². The molecule has 2 aromatic carbocycles. The van der Waals surface area contributed by atoms with Gasteiger partial charge in [0.05, 0.1) is 23.3 Å². The van der Waals surface area contributed by atoms with Crippen molar-refractivity contribution in [2.24, 2.45) is 0 Å². The average molecular weight is 420 g/mol. The number of hydrogen-bond acceptors (Lipinski definition) is 4. The summed E-state index contributed by atoms with van der Waals surface area (Å²) in [6.45, 7) is 1.92. The molecule has 0 fully saturated rings. The Bertz CT molecular complexity index is 1370. The molecule has 5 rings (SSSR count). The van der Waals surface area contributed by atoms with Crippen LogP contribution in [0, 0.1) is 6.92 Å². The van der Waals surface area contributed by atoms with E-state index in [0.717, 1.165) is 33.8 Å². The summed E-state index contributed by atoms with van der Waals surface area (Å²) in [7, 11) is 0. The Kier molecular flexibility index (Phi) is 5.05. The third-order valence-electron chi connectivity index (χ3n) is 5.28. The van der Waals surface area contributed by atoms with Crippen LogP contribution in [0.5, 0.6) is 0 Å². The summed E-state index contributed by atoms with van der Waals surface area (Å²) in [5.74, 6) is 0.257. The van der Waals surface area contributed by atoms with E-state index in [1.807, 2.05) is 78.3 Å². The first-order chi connectivity index (χ1) is 15.7. The van der Waals surface area contributed by atoms with Crippen LogP contribution >= 0.6 is 0 Å². The third-order valence-corrected chi connectivity index (χ3v) is 5.28. The number of nitrogens with one attached hydrogen (secondary N) is 2. The Morgan fingerprint density at radius 1 is 0.906 bits per heavy atom. The third kappa shape index (κ3) is 3.67. The fourth-order valence-corrected chi connectivity index (χ4v) is 3.61. The van der Waals surface area contributed by atoms with Gasteiger partial charge in [0.2, 0.25) is 0 Å². The van der Waals surface area contributed by atoms with E-state index in [2.05, 4.69) is 25.6 Å². The van der Waals surface area contributed by atoms with Crippen molar-refractivity contribution in [2.45, 2.75) is 6.92 Å². The molecule has 2 N–H and O–H groups in total. The van der Waals surface area contributed by atoms with Crippen LogP contribution in [-0.2, 0) is 0 Å². The van der Waals surface area contributed by atoms with Gasteiger partial charge >= 0.3 is 0 Å². The maximum atomic E-state index is 13.0. The molecule has 1 amide bonds. The molecule has 0 bridgehead atoms. The van der Waals surface area contributed by atoms with E-state index in [-0.39, 0.29) is 5.91 Å². The van der Waals surface area contributed by atoms with Gasteiger partial charge in [0.1, 0.15) is 0 Å². The van der Waals surface area contributed by atoms with E-state index in [9.17, 15) is 4.79 Å². The van der Waals surface area contributed by atoms with Crippen LogP contribution in [0.1, 0.15) is 15.9 Å². The van der Waals surface area contributed by atoms with E-state index in [1.54, 1.807) is 24.7 Å². The summed E-state index contributed by atoms with van der Waals surface area (Å²) in [4.78, 5) is 17.0. The second-order valence-electron chi connectivity index (χ2n) is 7.31. The summed E-state index contributed by atoms with van der Waals surface area (Å²) < 4.78 is 1.83. The van der Waals surface area contributed by atoms with Gasteiger partial charge in [-0.05, 0) is 43.3 Å². The lowest BCUT2D eigenvalue weighted by Crippen LogP contribution is -2.13. The van der Waals surface area contributed by atoms with Gasteiger partial charge < -0.3 is 5.32 Å². The predicted molar refractivity (Wildman–Crippen MR) is 124 cm³/mol. The average Bonchev–Trinajstić information content (AvgIpc) is 3.48. The van der Waals surface area contributed by atoms with Crippen molar-refractivity contribution in [1.29, 1.82) is 0 Å². The number of rotatable bonds is 5. The molecule has 7 nitrogen and oxygen atoms in total. The number of amides is 1. The van der Waals surface area contributed by atoms with Crippen molar-refractivity contribution in [1.82, 2.24) is 25.0 Å². The van der Waals surface area contributed by atoms with Crippen LogP contribution in [0.15, 0.2) is 91.4 Å². The van der Waals surface area contributed by atoms with Gasteiger partial charge in [0.25, 0.3) is 5.91 Å². The standard InChI is InChI=1S/C25H20N6O/c1-17-23(19-10-13-26-14-11-19)29-30-24(17)28-25(32)20-8-5-9-21(16-20)31-22(12-15-27-31)18-6-3-2-4-7-18/h2-16H,1H3,(H2,28,29,30,32). The molecule has 0 unspecified atom stereocenters. The topological polar surface area (TPSA) is 88.5 Å². The minimum Gasteiger partial charge on any atom is -0.305 e. The SMILES string of the molecule is Cc1c(NC(=O)c2cccc(-n3nccc3-c3ccccc3)c2)n[nH]c1-c1ccncc1. The van der Waals surface area contributed by atoms with E-state index in [1.165, 1.54) is 0 Å². The number of carbonyl (C=O) groups is 1. The van der Waals surface area contributed by atoms with E-state index >= 15 is 0 Å². The number of nitrogens with zero attached hydrogens (tertiary/aromatic N) is 4. The Hall–Kier alpha value is -4.52. The highest BCUT2D eigenvalue weighted by molar-refractivity contribution is 6.04. The summed E-state index contributed by atoms with van der Waals surface area (Å²) in [6.07, 6.45) is 5.19. The van der Waals surface area contributed by atoms with Crippen LogP contribution in [0.25, 0.3) is 28.2 Å². The molecule has 0 spiro atoms. The molecule has 5 aromatic rings. The first-order valence-corrected chi connectivity index (χ1v) is 10.2. The minimum absolute atomic E-state index is 0.240. The molecule has 3 aromatic heterocycles. The summed E-state index contributed by atoms with van der Waals surface area (Å²) in [5.41, 5.74) is 5.99. The van der Waals surface area contributed by atoms with Crippen LogP contribution < -0.4 is 5.32 Å². The van der Waals surface area contributed by atoms with Gasteiger partial charge in [-0.3, -0.25) is 14.9 Å². The number of anilines is 1. The molecule has 0 aliphatic heterocycles. The Morgan fingerprint density at radius 2 is 1.72 bits per heavy atom. The fraction of sp³-hybridized carbons (Fsp3) is 0.0400. The normalized spacial score (nSPS) is 10.8. The molecule has 0 radical (unpaired) electrons. The highest BCUT2D eigenvalue weighted by atomic mass is 16.1. The van der Waals surface area contributed by atoms with Gasteiger partial charge in [-0.2, -0.15) is 10.2 Å². The molecular formula is C25H20N6O. The molecule has 0 aliphatic carbocycles. The number of pyridine rings is 1. The lowest BCUT2D eigenvalue weighted by Gasteiger charge is -2.10. The highest BCUT2D eigenvalue weighted by Crippen LogP contribution is 2.26. The van der Waals surface area contributed by atoms with Gasteiger partial charge in [-0.25, -0.2) is 4.68 Å². The molecule has 0 saturated carbocycles. The van der Waals surface area contributed by atoms with Crippen LogP contribution in [0.2, 0.25) is 0 Å². The van der Waals surface area contributed by atoms with Crippen molar-refractivity contribution in [3.63, 3.8) is 0 Å². The summed E-state index contributed by atoms with van der Waals surface area (Å²) >= 11 is 0. The van der Waals surface area contributed by atoms with Crippen molar-refractivity contribution in [2.75, 3.05) is 5.32 Å². The molecule has 0 saturated heterocycles. The molecule has 0 aliphatic rings. The van der Waals surface area contributed by atoms with E-state index in [0.29, 0.717) is 11.4 Å². The number of H-pyrrole nitrogens is 1. The first kappa shape index (κ1) is 19.4. The molecule has 32 heavy (non-hydrogen) atoms. The number of benzene rings is 2. The highest BCUT2D eigenvalue weighted by Gasteiger charge is 2.15. The first-order valence-electron chi connectivity index (χ1n) is 10.2. The molecule has 3 heterocycles. The summed E-state index contributed by atoms with van der Waals surface area (Å²) in [6, 6.07) is 23.1. The number of aromatic amines is 1. The van der Waals surface area contributed by atoms with Crippen molar-refractivity contribution < 1.29 is 4.79 Å². The maximum Gasteiger partial charge on any atom is 0.256 e. The zero-order valence-corrected chi connectivity index (χ0v) is 17.4. The smallest absolute Gasteiger partial charge is 0.256 e. The van der Waals surface area contributed by atoms with Crippen LogP contribution in [0.4, 0.5) is 5.82 Å². The largest absolute Gasteiger partial charge is 0.305 e. The van der Waals surface area contributed by atoms with Crippen molar-refractivity contribution >= 4 is 11.7 Å². The van der Waals surface area contributed by atoms with Crippen molar-refractivity contribution in [3.8, 4) is 28.2 Å². The van der Waals surface area contributed by atoms with Crippen LogP contribution in [-0.4, -0.2) is 30.9 Å². The number of aromatic nitrogens is 5. The number of carbonyl (C=O) groups excluding carboxylic acids is 1. The zero-order chi connectivity index (χ0) is 21.9. The molecule has 7 heteroatoms. The van der Waals surface area contributed by atoms with E-state index < -0.39 is 0 Å². The minimum atomic E-state index is -0.240. The molecule has 0 atom stereocenters. The second-order valence-corrected chi connectivity index (χ2v) is 7.31. The zero-order valence-electron chi connectivity index (χ0n) is 17.4. The molecule has 156 valence electrons. The Balaban J connectivity index is 1.41. The number of hydrogen-bond donors (Lipinski definition) is 2. The Labute approximate surface area is 184 Å². The maximum absolute atomic E-state index is 13.0. The second kappa shape index (κ2) is 8.31.